The molecule has 0 radical (unpaired) electrons. The number of amides is 1. The van der Waals surface area contributed by atoms with Gasteiger partial charge in [-0.15, -0.1) is 0 Å². The minimum absolute atomic E-state index is 0.0851. The number of carbonyl (C=O) groups is 1. The molecule has 2 aromatic rings. The summed E-state index contributed by atoms with van der Waals surface area (Å²) in [5.41, 5.74) is 3.63. The van der Waals surface area contributed by atoms with Crippen LogP contribution in [-0.2, 0) is 11.2 Å². The number of carbonyl (C=O) groups excluding carboxylic acids is 1. The number of rotatable bonds is 6. The van der Waals surface area contributed by atoms with Gasteiger partial charge in [-0.3, -0.25) is 4.79 Å². The molecule has 1 saturated heterocycles. The zero-order valence-electron chi connectivity index (χ0n) is 15.2. The van der Waals surface area contributed by atoms with Crippen LogP contribution in [0.15, 0.2) is 54.6 Å². The van der Waals surface area contributed by atoms with E-state index >= 15 is 0 Å². The van der Waals surface area contributed by atoms with Crippen molar-refractivity contribution >= 4 is 23.4 Å². The lowest BCUT2D eigenvalue weighted by atomic mass is 9.82. The van der Waals surface area contributed by atoms with Gasteiger partial charge in [0.15, 0.2) is 0 Å². The van der Waals surface area contributed by atoms with Crippen LogP contribution in [0.1, 0.15) is 24.0 Å². The summed E-state index contributed by atoms with van der Waals surface area (Å²) in [4.78, 5) is 15.2. The number of piperidine rings is 1. The molecule has 1 aliphatic heterocycles. The zero-order valence-corrected chi connectivity index (χ0v) is 16.0. The first-order chi connectivity index (χ1) is 12.2. The van der Waals surface area contributed by atoms with Gasteiger partial charge in [0, 0.05) is 18.2 Å². The van der Waals surface area contributed by atoms with E-state index in [1.54, 1.807) is 0 Å². The summed E-state index contributed by atoms with van der Waals surface area (Å²) in [5.74, 6) is 2.12. The lowest BCUT2D eigenvalue weighted by Crippen LogP contribution is -2.46. The molecule has 2 atom stereocenters. The molecule has 2 unspecified atom stereocenters. The monoisotopic (exact) mass is 353 g/mol. The van der Waals surface area contributed by atoms with Crippen LogP contribution in [-0.4, -0.2) is 24.5 Å². The summed E-state index contributed by atoms with van der Waals surface area (Å²) in [7, 11) is 0. The number of anilines is 1. The fourth-order valence-corrected chi connectivity index (χ4v) is 4.32. The molecule has 3 rings (SSSR count). The fraction of sp³-hybridized carbons (Fsp3) is 0.409. The van der Waals surface area contributed by atoms with Crippen LogP contribution in [0.4, 0.5) is 5.69 Å². The second-order valence-electron chi connectivity index (χ2n) is 7.00. The Hall–Kier alpha value is -1.74. The van der Waals surface area contributed by atoms with Crippen molar-refractivity contribution in [2.24, 2.45) is 11.8 Å². The van der Waals surface area contributed by atoms with E-state index < -0.39 is 0 Å². The standard InChI is InChI=1S/C22H27NOS/c1-17-8-6-7-9-19(17)15-20-14-18(12-13-25-2)16-23(22(20)24)21-10-4-3-5-11-21/h3-11,18,20H,12-16H2,1-2H3. The number of hydrogen-bond donors (Lipinski definition) is 0. The van der Waals surface area contributed by atoms with Crippen molar-refractivity contribution in [3.63, 3.8) is 0 Å². The van der Waals surface area contributed by atoms with E-state index in [0.717, 1.165) is 25.1 Å². The van der Waals surface area contributed by atoms with Crippen LogP contribution >= 0.6 is 11.8 Å². The van der Waals surface area contributed by atoms with E-state index in [1.165, 1.54) is 23.3 Å². The van der Waals surface area contributed by atoms with Crippen molar-refractivity contribution in [2.75, 3.05) is 23.5 Å². The molecule has 2 aromatic carbocycles. The lowest BCUT2D eigenvalue weighted by Gasteiger charge is -2.37. The number of benzene rings is 2. The number of nitrogens with zero attached hydrogens (tertiary/aromatic N) is 1. The summed E-state index contributed by atoms with van der Waals surface area (Å²) < 4.78 is 0. The van der Waals surface area contributed by atoms with Gasteiger partial charge >= 0.3 is 0 Å². The SMILES string of the molecule is CSCCC1CC(Cc2ccccc2C)C(=O)N(c2ccccc2)C1. The van der Waals surface area contributed by atoms with Gasteiger partial charge in [-0.25, -0.2) is 0 Å². The molecule has 25 heavy (non-hydrogen) atoms. The minimum atomic E-state index is 0.0851. The third-order valence-corrected chi connectivity index (χ3v) is 5.84. The maximum Gasteiger partial charge on any atom is 0.230 e. The molecule has 0 bridgehead atoms. The molecule has 1 amide bonds. The molecule has 0 N–H and O–H groups in total. The van der Waals surface area contributed by atoms with E-state index in [2.05, 4.69) is 49.6 Å². The summed E-state index contributed by atoms with van der Waals surface area (Å²) in [6, 6.07) is 18.6. The van der Waals surface area contributed by atoms with E-state index in [0.29, 0.717) is 5.92 Å². The third kappa shape index (κ3) is 4.46. The summed E-state index contributed by atoms with van der Waals surface area (Å²) in [5, 5.41) is 0. The predicted molar refractivity (Wildman–Crippen MR) is 108 cm³/mol. The molecule has 0 aromatic heterocycles. The average molecular weight is 354 g/mol. The Bertz CT molecular complexity index is 700. The number of aryl methyl sites for hydroxylation is 1. The fourth-order valence-electron chi connectivity index (χ4n) is 3.76. The maximum atomic E-state index is 13.2. The van der Waals surface area contributed by atoms with Crippen molar-refractivity contribution in [3.8, 4) is 0 Å². The van der Waals surface area contributed by atoms with Crippen LogP contribution < -0.4 is 4.90 Å². The van der Waals surface area contributed by atoms with E-state index in [1.807, 2.05) is 34.9 Å². The molecule has 0 spiro atoms. The van der Waals surface area contributed by atoms with Gasteiger partial charge < -0.3 is 4.90 Å². The number of para-hydroxylation sites is 1. The quantitative estimate of drug-likeness (QED) is 0.731. The molecule has 3 heteroatoms. The largest absolute Gasteiger partial charge is 0.312 e. The highest BCUT2D eigenvalue weighted by molar-refractivity contribution is 7.98. The second-order valence-corrected chi connectivity index (χ2v) is 7.98. The molecule has 1 fully saturated rings. The maximum absolute atomic E-state index is 13.2. The lowest BCUT2D eigenvalue weighted by molar-refractivity contribution is -0.124. The number of hydrogen-bond acceptors (Lipinski definition) is 2. The van der Waals surface area contributed by atoms with Crippen LogP contribution in [0.5, 0.6) is 0 Å². The second kappa shape index (κ2) is 8.57. The predicted octanol–water partition coefficient (Wildman–Crippen LogP) is 4.96. The number of thioether (sulfide) groups is 1. The first kappa shape index (κ1) is 18.1. The normalized spacial score (nSPS) is 20.7. The molecule has 0 aliphatic carbocycles. The van der Waals surface area contributed by atoms with Gasteiger partial charge in [0.05, 0.1) is 0 Å². The van der Waals surface area contributed by atoms with Crippen LogP contribution in [0.2, 0.25) is 0 Å². The summed E-state index contributed by atoms with van der Waals surface area (Å²) >= 11 is 1.90. The Morgan fingerprint density at radius 2 is 1.80 bits per heavy atom. The van der Waals surface area contributed by atoms with E-state index in [4.69, 9.17) is 0 Å². The molecular weight excluding hydrogens is 326 g/mol. The highest BCUT2D eigenvalue weighted by atomic mass is 32.2. The Balaban J connectivity index is 1.82. The molecular formula is C22H27NOS. The Morgan fingerprint density at radius 1 is 1.08 bits per heavy atom. The van der Waals surface area contributed by atoms with Crippen molar-refractivity contribution in [2.45, 2.75) is 26.2 Å². The average Bonchev–Trinajstić information content (AvgIpc) is 2.64. The van der Waals surface area contributed by atoms with Crippen LogP contribution in [0.25, 0.3) is 0 Å². The van der Waals surface area contributed by atoms with Gasteiger partial charge in [-0.2, -0.15) is 11.8 Å². The topological polar surface area (TPSA) is 20.3 Å². The van der Waals surface area contributed by atoms with Crippen molar-refractivity contribution in [1.82, 2.24) is 0 Å². The molecule has 1 heterocycles. The summed E-state index contributed by atoms with van der Waals surface area (Å²) in [6.45, 7) is 3.00. The van der Waals surface area contributed by atoms with Crippen LogP contribution in [0, 0.1) is 18.8 Å². The molecule has 2 nitrogen and oxygen atoms in total. The van der Waals surface area contributed by atoms with Gasteiger partial charge in [0.1, 0.15) is 0 Å². The Kier molecular flexibility index (Phi) is 6.19. The van der Waals surface area contributed by atoms with Crippen LogP contribution in [0.3, 0.4) is 0 Å². The third-order valence-electron chi connectivity index (χ3n) is 5.20. The van der Waals surface area contributed by atoms with Crippen molar-refractivity contribution < 1.29 is 4.79 Å². The van der Waals surface area contributed by atoms with Gasteiger partial charge in [-0.05, 0) is 67.4 Å². The first-order valence-electron chi connectivity index (χ1n) is 9.09. The Morgan fingerprint density at radius 3 is 2.52 bits per heavy atom. The highest BCUT2D eigenvalue weighted by Crippen LogP contribution is 2.32. The van der Waals surface area contributed by atoms with E-state index in [9.17, 15) is 4.79 Å². The minimum Gasteiger partial charge on any atom is -0.312 e. The van der Waals surface area contributed by atoms with Crippen molar-refractivity contribution in [1.29, 1.82) is 0 Å². The van der Waals surface area contributed by atoms with E-state index in [-0.39, 0.29) is 11.8 Å². The van der Waals surface area contributed by atoms with Crippen molar-refractivity contribution in [3.05, 3.63) is 65.7 Å². The smallest absolute Gasteiger partial charge is 0.230 e. The molecule has 0 saturated carbocycles. The first-order valence-corrected chi connectivity index (χ1v) is 10.5. The summed E-state index contributed by atoms with van der Waals surface area (Å²) in [6.07, 6.45) is 5.21. The highest BCUT2D eigenvalue weighted by Gasteiger charge is 2.34. The van der Waals surface area contributed by atoms with Gasteiger partial charge in [0.25, 0.3) is 0 Å². The van der Waals surface area contributed by atoms with Gasteiger partial charge in [-0.1, -0.05) is 42.5 Å². The molecule has 132 valence electrons. The Labute approximate surface area is 155 Å². The zero-order chi connectivity index (χ0) is 17.6. The molecule has 1 aliphatic rings. The van der Waals surface area contributed by atoms with Gasteiger partial charge in [0.2, 0.25) is 5.91 Å².